The molecular weight excluding hydrogens is 224 g/mol. The Morgan fingerprint density at radius 1 is 1.12 bits per heavy atom. The van der Waals surface area contributed by atoms with Crippen LogP contribution in [0.3, 0.4) is 0 Å². The average Bonchev–Trinajstić information content (AvgIpc) is 2.18. The summed E-state index contributed by atoms with van der Waals surface area (Å²) in [5, 5.41) is 16.2. The van der Waals surface area contributed by atoms with Crippen LogP contribution in [0.4, 0.5) is 0 Å². The van der Waals surface area contributed by atoms with Crippen molar-refractivity contribution in [3.05, 3.63) is 0 Å². The molecule has 0 spiro atoms. The molecule has 0 unspecified atom stereocenters. The van der Waals surface area contributed by atoms with Gasteiger partial charge in [0.25, 0.3) is 0 Å². The van der Waals surface area contributed by atoms with Crippen LogP contribution in [0.15, 0.2) is 0 Å². The highest BCUT2D eigenvalue weighted by molar-refractivity contribution is 5.75. The van der Waals surface area contributed by atoms with Gasteiger partial charge in [-0.25, -0.2) is 0 Å². The maximum absolute atomic E-state index is 10.3. The number of carbonyl (C=O) groups is 1. The molecule has 0 aromatic carbocycles. The Morgan fingerprint density at radius 3 is 1.59 bits per heavy atom. The van der Waals surface area contributed by atoms with Crippen LogP contribution < -0.4 is 0 Å². The molecule has 0 aliphatic carbocycles. The van der Waals surface area contributed by atoms with E-state index in [1.165, 1.54) is 0 Å². The fraction of sp³-hybridized carbons (Fsp3) is 0.917. The molecule has 0 aromatic rings. The number of ether oxygens (including phenoxy) is 2. The van der Waals surface area contributed by atoms with Crippen molar-refractivity contribution in [2.24, 2.45) is 5.92 Å². The third kappa shape index (κ3) is 50.2. The molecule has 0 bridgehead atoms. The second-order valence-corrected chi connectivity index (χ2v) is 3.77. The first kappa shape index (κ1) is 21.8. The number of hydrogen-bond donors (Lipinski definition) is 2. The number of aliphatic hydroxyl groups is 2. The van der Waals surface area contributed by atoms with Gasteiger partial charge < -0.3 is 24.5 Å². The molecule has 0 saturated carbocycles. The van der Waals surface area contributed by atoms with E-state index in [1.807, 2.05) is 13.8 Å². The fourth-order valence-corrected chi connectivity index (χ4v) is 0.806. The lowest BCUT2D eigenvalue weighted by atomic mass is 10.1. The smallest absolute Gasteiger partial charge is 0.130 e. The van der Waals surface area contributed by atoms with Gasteiger partial charge in [-0.15, -0.1) is 0 Å². The van der Waals surface area contributed by atoms with E-state index in [-0.39, 0.29) is 19.0 Å². The van der Waals surface area contributed by atoms with Crippen LogP contribution in [0.2, 0.25) is 0 Å². The molecular formula is C12H28O5. The first-order valence-corrected chi connectivity index (χ1v) is 5.65. The lowest BCUT2D eigenvalue weighted by molar-refractivity contribution is -0.117. The zero-order chi connectivity index (χ0) is 14.1. The molecule has 0 radical (unpaired) electrons. The van der Waals surface area contributed by atoms with E-state index in [0.29, 0.717) is 19.1 Å². The van der Waals surface area contributed by atoms with Crippen molar-refractivity contribution in [1.29, 1.82) is 0 Å². The SMILES string of the molecule is CC(=O)CC(C)C.COC.OCCOCCO. The van der Waals surface area contributed by atoms with Crippen LogP contribution in [0.1, 0.15) is 27.2 Å². The van der Waals surface area contributed by atoms with E-state index < -0.39 is 0 Å². The van der Waals surface area contributed by atoms with E-state index in [0.717, 1.165) is 6.42 Å². The first-order valence-electron chi connectivity index (χ1n) is 5.65. The van der Waals surface area contributed by atoms with Crippen molar-refractivity contribution in [3.63, 3.8) is 0 Å². The van der Waals surface area contributed by atoms with Gasteiger partial charge in [0, 0.05) is 20.6 Å². The van der Waals surface area contributed by atoms with E-state index in [1.54, 1.807) is 21.1 Å². The molecule has 0 amide bonds. The summed E-state index contributed by atoms with van der Waals surface area (Å²) in [7, 11) is 3.25. The molecule has 2 N–H and O–H groups in total. The normalized spacial score (nSPS) is 8.94. The highest BCUT2D eigenvalue weighted by Gasteiger charge is 1.95. The standard InChI is InChI=1S/C6H12O.C4H10O3.C2H6O/c1-5(2)4-6(3)7;5-1-3-7-4-2-6;1-3-2/h5H,4H2,1-3H3;5-6H,1-4H2;1-2H3. The van der Waals surface area contributed by atoms with Gasteiger partial charge in [-0.3, -0.25) is 0 Å². The van der Waals surface area contributed by atoms with E-state index in [9.17, 15) is 4.79 Å². The largest absolute Gasteiger partial charge is 0.394 e. The quantitative estimate of drug-likeness (QED) is 0.686. The molecule has 0 aromatic heterocycles. The molecule has 0 saturated heterocycles. The van der Waals surface area contributed by atoms with Gasteiger partial charge >= 0.3 is 0 Å². The van der Waals surface area contributed by atoms with E-state index >= 15 is 0 Å². The number of aliphatic hydroxyl groups excluding tert-OH is 2. The zero-order valence-corrected chi connectivity index (χ0v) is 11.7. The number of Topliss-reactive ketones (excluding diaryl/α,β-unsaturated/α-hetero) is 1. The Labute approximate surface area is 105 Å². The Kier molecular flexibility index (Phi) is 26.7. The van der Waals surface area contributed by atoms with Gasteiger partial charge in [-0.1, -0.05) is 13.8 Å². The number of ketones is 1. The Bertz CT molecular complexity index is 133. The van der Waals surface area contributed by atoms with Crippen LogP contribution in [0.25, 0.3) is 0 Å². The molecule has 0 heterocycles. The van der Waals surface area contributed by atoms with E-state index in [4.69, 9.17) is 10.2 Å². The van der Waals surface area contributed by atoms with Gasteiger partial charge in [0.2, 0.25) is 0 Å². The predicted molar refractivity (Wildman–Crippen MR) is 68.1 cm³/mol. The van der Waals surface area contributed by atoms with Crippen molar-refractivity contribution < 1.29 is 24.5 Å². The van der Waals surface area contributed by atoms with Crippen LogP contribution in [-0.2, 0) is 14.3 Å². The number of rotatable bonds is 6. The maximum atomic E-state index is 10.3. The summed E-state index contributed by atoms with van der Waals surface area (Å²) >= 11 is 0. The van der Waals surface area contributed by atoms with Crippen molar-refractivity contribution in [1.82, 2.24) is 0 Å². The minimum Gasteiger partial charge on any atom is -0.394 e. The second kappa shape index (κ2) is 20.9. The molecule has 106 valence electrons. The summed E-state index contributed by atoms with van der Waals surface area (Å²) in [6, 6.07) is 0. The van der Waals surface area contributed by atoms with Crippen LogP contribution in [-0.4, -0.2) is 56.6 Å². The minimum atomic E-state index is 0.0278. The summed E-state index contributed by atoms with van der Waals surface area (Å²) in [6.07, 6.45) is 0.722. The number of carbonyl (C=O) groups excluding carboxylic acids is 1. The third-order valence-electron chi connectivity index (χ3n) is 1.17. The Hall–Kier alpha value is -0.490. The topological polar surface area (TPSA) is 76.0 Å². The van der Waals surface area contributed by atoms with Gasteiger partial charge in [0.15, 0.2) is 0 Å². The van der Waals surface area contributed by atoms with Crippen molar-refractivity contribution in [2.45, 2.75) is 27.2 Å². The fourth-order valence-electron chi connectivity index (χ4n) is 0.806. The van der Waals surface area contributed by atoms with Crippen molar-refractivity contribution in [2.75, 3.05) is 40.6 Å². The highest BCUT2D eigenvalue weighted by Crippen LogP contribution is 1.97. The molecule has 17 heavy (non-hydrogen) atoms. The first-order chi connectivity index (χ1) is 7.95. The number of methoxy groups -OCH3 is 1. The Morgan fingerprint density at radius 2 is 1.47 bits per heavy atom. The third-order valence-corrected chi connectivity index (χ3v) is 1.17. The van der Waals surface area contributed by atoms with Crippen molar-refractivity contribution in [3.8, 4) is 0 Å². The molecule has 0 rings (SSSR count). The summed E-state index contributed by atoms with van der Waals surface area (Å²) in [5.74, 6) is 0.813. The molecule has 5 nitrogen and oxygen atoms in total. The molecule has 5 heteroatoms. The zero-order valence-electron chi connectivity index (χ0n) is 11.7. The lowest BCUT2D eigenvalue weighted by Crippen LogP contribution is -2.03. The summed E-state index contributed by atoms with van der Waals surface area (Å²) in [6.45, 7) is 6.41. The van der Waals surface area contributed by atoms with Gasteiger partial charge in [0.05, 0.1) is 26.4 Å². The second-order valence-electron chi connectivity index (χ2n) is 3.77. The van der Waals surface area contributed by atoms with Gasteiger partial charge in [-0.2, -0.15) is 0 Å². The van der Waals surface area contributed by atoms with Crippen LogP contribution >= 0.6 is 0 Å². The van der Waals surface area contributed by atoms with Crippen LogP contribution in [0.5, 0.6) is 0 Å². The summed E-state index contributed by atoms with van der Waals surface area (Å²) < 4.78 is 8.88. The molecule has 0 aliphatic rings. The summed E-state index contributed by atoms with van der Waals surface area (Å²) in [5.41, 5.74) is 0. The number of hydrogen-bond acceptors (Lipinski definition) is 5. The minimum absolute atomic E-state index is 0.0278. The monoisotopic (exact) mass is 252 g/mol. The van der Waals surface area contributed by atoms with Gasteiger partial charge in [0.1, 0.15) is 5.78 Å². The maximum Gasteiger partial charge on any atom is 0.130 e. The van der Waals surface area contributed by atoms with Crippen LogP contribution in [0, 0.1) is 5.92 Å². The van der Waals surface area contributed by atoms with Gasteiger partial charge in [-0.05, 0) is 12.8 Å². The average molecular weight is 252 g/mol. The molecule has 0 fully saturated rings. The highest BCUT2D eigenvalue weighted by atomic mass is 16.5. The predicted octanol–water partition coefficient (Wildman–Crippen LogP) is 0.872. The lowest BCUT2D eigenvalue weighted by Gasteiger charge is -1.95. The van der Waals surface area contributed by atoms with Crippen molar-refractivity contribution >= 4 is 5.78 Å². The Balaban J connectivity index is -0.000000188. The molecule has 0 atom stereocenters. The summed E-state index contributed by atoms with van der Waals surface area (Å²) in [4.78, 5) is 10.3. The van der Waals surface area contributed by atoms with E-state index in [2.05, 4.69) is 9.47 Å². The molecule has 0 aliphatic heterocycles.